The maximum absolute atomic E-state index is 12.4. The Labute approximate surface area is 174 Å². The molecule has 0 atom stereocenters. The molecule has 1 aromatic heterocycles. The van der Waals surface area contributed by atoms with Crippen molar-refractivity contribution in [2.45, 2.75) is 39.4 Å². The normalized spacial score (nSPS) is 10.9. The van der Waals surface area contributed by atoms with Gasteiger partial charge in [-0.15, -0.1) is 0 Å². The lowest BCUT2D eigenvalue weighted by molar-refractivity contribution is -0.113. The monoisotopic (exact) mass is 411 g/mol. The molecule has 3 aromatic rings. The maximum atomic E-state index is 12.4. The number of thioether (sulfide) groups is 1. The van der Waals surface area contributed by atoms with Gasteiger partial charge in [0.1, 0.15) is 0 Å². The average Bonchev–Trinajstić information content (AvgIpc) is 3.06. The van der Waals surface area contributed by atoms with Crippen molar-refractivity contribution < 1.29 is 14.3 Å². The van der Waals surface area contributed by atoms with Gasteiger partial charge in [0.2, 0.25) is 5.91 Å². The number of hydrogen-bond acceptors (Lipinski definition) is 5. The third-order valence-electron chi connectivity index (χ3n) is 4.54. The highest BCUT2D eigenvalue weighted by Crippen LogP contribution is 2.26. The standard InChI is InChI=1S/C22H25N3O3S/c1-5-25-19-10-9-16(21(27)28-6-2)12-18(19)24-22(25)29-13-20(26)23-17-11-14(3)7-8-15(17)4/h7-12H,5-6,13H2,1-4H3,(H,23,26). The van der Waals surface area contributed by atoms with E-state index in [0.717, 1.165) is 39.5 Å². The maximum Gasteiger partial charge on any atom is 0.338 e. The third kappa shape index (κ3) is 4.79. The van der Waals surface area contributed by atoms with E-state index in [0.29, 0.717) is 12.2 Å². The van der Waals surface area contributed by atoms with E-state index in [1.807, 2.05) is 49.6 Å². The van der Waals surface area contributed by atoms with Gasteiger partial charge in [0.25, 0.3) is 0 Å². The molecule has 0 aliphatic carbocycles. The summed E-state index contributed by atoms with van der Waals surface area (Å²) in [4.78, 5) is 29.1. The smallest absolute Gasteiger partial charge is 0.338 e. The molecular formula is C22H25N3O3S. The van der Waals surface area contributed by atoms with E-state index in [4.69, 9.17) is 4.74 Å². The Kier molecular flexibility index (Phi) is 6.59. The molecule has 2 aromatic carbocycles. The molecule has 0 unspecified atom stereocenters. The lowest BCUT2D eigenvalue weighted by Gasteiger charge is -2.09. The molecule has 0 saturated carbocycles. The summed E-state index contributed by atoms with van der Waals surface area (Å²) in [5.74, 6) is -0.185. The van der Waals surface area contributed by atoms with E-state index in [2.05, 4.69) is 10.3 Å². The van der Waals surface area contributed by atoms with Crippen LogP contribution in [0.1, 0.15) is 35.3 Å². The number of hydrogen-bond donors (Lipinski definition) is 1. The fourth-order valence-corrected chi connectivity index (χ4v) is 3.93. The van der Waals surface area contributed by atoms with Gasteiger partial charge in [-0.25, -0.2) is 9.78 Å². The SMILES string of the molecule is CCOC(=O)c1ccc2c(c1)nc(SCC(=O)Nc1cc(C)ccc1C)n2CC. The summed E-state index contributed by atoms with van der Waals surface area (Å²) in [5, 5.41) is 3.72. The second-order valence-corrected chi connectivity index (χ2v) is 7.66. The van der Waals surface area contributed by atoms with E-state index >= 15 is 0 Å². The number of amides is 1. The van der Waals surface area contributed by atoms with Crippen LogP contribution in [0.2, 0.25) is 0 Å². The first-order chi connectivity index (χ1) is 13.9. The van der Waals surface area contributed by atoms with Crippen LogP contribution in [0.5, 0.6) is 0 Å². The topological polar surface area (TPSA) is 73.2 Å². The summed E-state index contributed by atoms with van der Waals surface area (Å²) in [5.41, 5.74) is 5.08. The molecule has 0 aliphatic rings. The number of nitrogens with one attached hydrogen (secondary N) is 1. The van der Waals surface area contributed by atoms with Crippen LogP contribution in [0.4, 0.5) is 5.69 Å². The molecule has 1 N–H and O–H groups in total. The number of esters is 1. The van der Waals surface area contributed by atoms with Crippen LogP contribution >= 0.6 is 11.8 Å². The predicted molar refractivity (Wildman–Crippen MR) is 117 cm³/mol. The van der Waals surface area contributed by atoms with Crippen LogP contribution in [-0.4, -0.2) is 33.8 Å². The van der Waals surface area contributed by atoms with Gasteiger partial charge in [-0.2, -0.15) is 0 Å². The van der Waals surface area contributed by atoms with Crippen molar-refractivity contribution in [3.63, 3.8) is 0 Å². The van der Waals surface area contributed by atoms with Crippen LogP contribution in [0.25, 0.3) is 11.0 Å². The minimum atomic E-state index is -0.359. The summed E-state index contributed by atoms with van der Waals surface area (Å²) in [7, 11) is 0. The quantitative estimate of drug-likeness (QED) is 0.455. The molecule has 152 valence electrons. The highest BCUT2D eigenvalue weighted by Gasteiger charge is 2.15. The van der Waals surface area contributed by atoms with Gasteiger partial charge in [0.15, 0.2) is 5.16 Å². The molecule has 0 radical (unpaired) electrons. The van der Waals surface area contributed by atoms with E-state index in [1.165, 1.54) is 11.8 Å². The number of imidazole rings is 1. The minimum Gasteiger partial charge on any atom is -0.462 e. The second-order valence-electron chi connectivity index (χ2n) is 6.72. The zero-order valence-corrected chi connectivity index (χ0v) is 17.9. The van der Waals surface area contributed by atoms with E-state index in [1.54, 1.807) is 19.1 Å². The fourth-order valence-electron chi connectivity index (χ4n) is 3.05. The van der Waals surface area contributed by atoms with Crippen LogP contribution in [0, 0.1) is 13.8 Å². The summed E-state index contributed by atoms with van der Waals surface area (Å²) < 4.78 is 7.10. The molecular weight excluding hydrogens is 386 g/mol. The summed E-state index contributed by atoms with van der Waals surface area (Å²) in [6.07, 6.45) is 0. The Balaban J connectivity index is 1.76. The molecule has 3 rings (SSSR count). The molecule has 1 heterocycles. The molecule has 0 saturated heterocycles. The molecule has 0 spiro atoms. The number of ether oxygens (including phenoxy) is 1. The first-order valence-electron chi connectivity index (χ1n) is 9.60. The lowest BCUT2D eigenvalue weighted by atomic mass is 10.1. The first kappa shape index (κ1) is 20.9. The number of nitrogens with zero attached hydrogens (tertiary/aromatic N) is 2. The van der Waals surface area contributed by atoms with Crippen molar-refractivity contribution in [2.24, 2.45) is 0 Å². The van der Waals surface area contributed by atoms with Gasteiger partial charge in [-0.05, 0) is 63.1 Å². The number of aromatic nitrogens is 2. The van der Waals surface area contributed by atoms with Crippen LogP contribution in [0.15, 0.2) is 41.6 Å². The summed E-state index contributed by atoms with van der Waals surface area (Å²) in [6, 6.07) is 11.3. The highest BCUT2D eigenvalue weighted by molar-refractivity contribution is 7.99. The van der Waals surface area contributed by atoms with Crippen molar-refractivity contribution in [1.82, 2.24) is 9.55 Å². The predicted octanol–water partition coefficient (Wildman–Crippen LogP) is 4.58. The molecule has 7 heteroatoms. The molecule has 6 nitrogen and oxygen atoms in total. The van der Waals surface area contributed by atoms with Crippen molar-refractivity contribution in [2.75, 3.05) is 17.7 Å². The van der Waals surface area contributed by atoms with Gasteiger partial charge in [0.05, 0.1) is 29.0 Å². The number of rotatable bonds is 7. The Morgan fingerprint density at radius 1 is 1.14 bits per heavy atom. The Bertz CT molecular complexity index is 1060. The van der Waals surface area contributed by atoms with Gasteiger partial charge in [-0.1, -0.05) is 23.9 Å². The Morgan fingerprint density at radius 2 is 1.93 bits per heavy atom. The van der Waals surface area contributed by atoms with Gasteiger partial charge >= 0.3 is 5.97 Å². The number of carbonyl (C=O) groups excluding carboxylic acids is 2. The van der Waals surface area contributed by atoms with Gasteiger partial charge in [0, 0.05) is 12.2 Å². The molecule has 29 heavy (non-hydrogen) atoms. The fraction of sp³-hybridized carbons (Fsp3) is 0.318. The highest BCUT2D eigenvalue weighted by atomic mass is 32.2. The average molecular weight is 412 g/mol. The molecule has 1 amide bonds. The van der Waals surface area contributed by atoms with E-state index in [-0.39, 0.29) is 17.6 Å². The van der Waals surface area contributed by atoms with Crippen LogP contribution < -0.4 is 5.32 Å². The third-order valence-corrected chi connectivity index (χ3v) is 5.52. The molecule has 0 fully saturated rings. The number of fused-ring (bicyclic) bond motifs is 1. The molecule has 0 aliphatic heterocycles. The zero-order valence-electron chi connectivity index (χ0n) is 17.1. The molecule has 0 bridgehead atoms. The first-order valence-corrected chi connectivity index (χ1v) is 10.6. The Morgan fingerprint density at radius 3 is 2.66 bits per heavy atom. The van der Waals surface area contributed by atoms with E-state index < -0.39 is 0 Å². The van der Waals surface area contributed by atoms with Crippen molar-refractivity contribution in [3.05, 3.63) is 53.1 Å². The van der Waals surface area contributed by atoms with Crippen molar-refractivity contribution >= 4 is 40.4 Å². The largest absolute Gasteiger partial charge is 0.462 e. The van der Waals surface area contributed by atoms with Gasteiger partial charge < -0.3 is 14.6 Å². The minimum absolute atomic E-state index is 0.0781. The van der Waals surface area contributed by atoms with Crippen LogP contribution in [0.3, 0.4) is 0 Å². The number of carbonyl (C=O) groups is 2. The number of anilines is 1. The lowest BCUT2D eigenvalue weighted by Crippen LogP contribution is -2.15. The number of benzene rings is 2. The Hall–Kier alpha value is -2.80. The van der Waals surface area contributed by atoms with E-state index in [9.17, 15) is 9.59 Å². The number of aryl methyl sites for hydroxylation is 3. The van der Waals surface area contributed by atoms with Gasteiger partial charge in [-0.3, -0.25) is 4.79 Å². The summed E-state index contributed by atoms with van der Waals surface area (Å²) >= 11 is 1.38. The summed E-state index contributed by atoms with van der Waals surface area (Å²) in [6.45, 7) is 8.83. The van der Waals surface area contributed by atoms with Crippen molar-refractivity contribution in [1.29, 1.82) is 0 Å². The zero-order chi connectivity index (χ0) is 21.0. The second kappa shape index (κ2) is 9.13. The van der Waals surface area contributed by atoms with Crippen LogP contribution in [-0.2, 0) is 16.1 Å². The van der Waals surface area contributed by atoms with Crippen molar-refractivity contribution in [3.8, 4) is 0 Å².